The Morgan fingerprint density at radius 1 is 0.372 bits per heavy atom. The molecule has 2 nitrogen and oxygen atoms in total. The number of rotatable bonds is 9. The van der Waals surface area contributed by atoms with Crippen LogP contribution in [0.15, 0.2) is 175 Å². The minimum absolute atomic E-state index is 0.985. The Morgan fingerprint density at radius 3 is 0.884 bits per heavy atom. The lowest BCUT2D eigenvalue weighted by Gasteiger charge is -2.26. The molecule has 2 heteroatoms. The molecule has 0 aliphatic heterocycles. The first-order chi connectivity index (χ1) is 21.2. The van der Waals surface area contributed by atoms with Gasteiger partial charge in [-0.1, -0.05) is 110 Å². The third-order valence-corrected chi connectivity index (χ3v) is 7.84. The number of hydrogen-bond acceptors (Lipinski definition) is 2. The monoisotopic (exact) mass is 556 g/mol. The molecule has 0 atom stereocenters. The fourth-order valence-corrected chi connectivity index (χ4v) is 5.59. The summed E-state index contributed by atoms with van der Waals surface area (Å²) in [6.45, 7) is 4.48. The largest absolute Gasteiger partial charge is 0.311 e. The molecule has 0 aliphatic carbocycles. The van der Waals surface area contributed by atoms with Crippen molar-refractivity contribution in [3.05, 3.63) is 187 Å². The van der Waals surface area contributed by atoms with Crippen LogP contribution in [0.2, 0.25) is 0 Å². The molecule has 0 bridgehead atoms. The molecule has 0 amide bonds. The van der Waals surface area contributed by atoms with Gasteiger partial charge in [0.25, 0.3) is 0 Å². The maximum atomic E-state index is 2.30. The fourth-order valence-electron chi connectivity index (χ4n) is 5.59. The Hall–Kier alpha value is -5.34. The van der Waals surface area contributed by atoms with Gasteiger partial charge in [0, 0.05) is 34.1 Å². The van der Waals surface area contributed by atoms with Gasteiger partial charge in [0.15, 0.2) is 0 Å². The van der Waals surface area contributed by atoms with Crippen molar-refractivity contribution in [3.8, 4) is 0 Å². The summed E-state index contributed by atoms with van der Waals surface area (Å²) in [5.41, 5.74) is 11.9. The quantitative estimate of drug-likeness (QED) is 0.175. The van der Waals surface area contributed by atoms with Gasteiger partial charge in [-0.2, -0.15) is 0 Å². The first-order valence-electron chi connectivity index (χ1n) is 14.9. The maximum absolute atomic E-state index is 2.30. The number of allylic oxidation sites excluding steroid dienone is 1. The van der Waals surface area contributed by atoms with Crippen LogP contribution in [0.25, 0.3) is 5.57 Å². The zero-order valence-electron chi connectivity index (χ0n) is 24.8. The van der Waals surface area contributed by atoms with E-state index in [-0.39, 0.29) is 0 Å². The minimum atomic E-state index is 0.985. The average Bonchev–Trinajstić information content (AvgIpc) is 3.08. The van der Waals surface area contributed by atoms with Crippen molar-refractivity contribution in [1.82, 2.24) is 0 Å². The molecule has 0 spiro atoms. The first kappa shape index (κ1) is 27.8. The zero-order chi connectivity index (χ0) is 29.4. The highest BCUT2D eigenvalue weighted by Gasteiger charge is 2.16. The van der Waals surface area contributed by atoms with E-state index in [9.17, 15) is 0 Å². The third-order valence-electron chi connectivity index (χ3n) is 7.84. The topological polar surface area (TPSA) is 6.48 Å². The second kappa shape index (κ2) is 13.1. The predicted molar refractivity (Wildman–Crippen MR) is 184 cm³/mol. The Kier molecular flexibility index (Phi) is 8.47. The molecule has 0 aliphatic rings. The van der Waals surface area contributed by atoms with E-state index in [1.807, 2.05) is 0 Å². The molecule has 210 valence electrons. The van der Waals surface area contributed by atoms with E-state index in [0.717, 1.165) is 40.5 Å². The molecule has 43 heavy (non-hydrogen) atoms. The van der Waals surface area contributed by atoms with Crippen molar-refractivity contribution < 1.29 is 0 Å². The summed E-state index contributed by atoms with van der Waals surface area (Å²) in [6, 6.07) is 60.2. The molecule has 6 aromatic rings. The number of anilines is 6. The van der Waals surface area contributed by atoms with E-state index < -0.39 is 0 Å². The van der Waals surface area contributed by atoms with Crippen LogP contribution in [0.3, 0.4) is 0 Å². The van der Waals surface area contributed by atoms with Crippen molar-refractivity contribution in [2.45, 2.75) is 20.3 Å². The molecule has 0 unspecified atom stereocenters. The lowest BCUT2D eigenvalue weighted by Crippen LogP contribution is -2.10. The van der Waals surface area contributed by atoms with Crippen molar-refractivity contribution in [1.29, 1.82) is 0 Å². The standard InChI is InChI=1S/C41H36N2/c1-3-32(2)41(33-24-28-39(29-25-33)42(35-16-8-4-9-17-35)36-18-10-5-11-19-36)34-26-30-40(31-27-34)43(37-20-12-6-13-21-37)38-22-14-7-15-23-38/h4-31H,3H2,1-2H3. The third kappa shape index (κ3) is 6.14. The Bertz CT molecular complexity index is 1550. The minimum Gasteiger partial charge on any atom is -0.311 e. The van der Waals surface area contributed by atoms with Gasteiger partial charge in [0.05, 0.1) is 0 Å². The highest BCUT2D eigenvalue weighted by atomic mass is 15.1. The van der Waals surface area contributed by atoms with E-state index in [4.69, 9.17) is 0 Å². The lowest BCUT2D eigenvalue weighted by molar-refractivity contribution is 1.10. The normalized spacial score (nSPS) is 10.7. The van der Waals surface area contributed by atoms with Gasteiger partial charge in [-0.15, -0.1) is 0 Å². The Morgan fingerprint density at radius 2 is 0.628 bits per heavy atom. The molecule has 0 radical (unpaired) electrons. The van der Waals surface area contributed by atoms with Crippen molar-refractivity contribution in [2.24, 2.45) is 0 Å². The number of para-hydroxylation sites is 4. The molecule has 0 fully saturated rings. The van der Waals surface area contributed by atoms with Crippen LogP contribution in [-0.4, -0.2) is 0 Å². The summed E-state index contributed by atoms with van der Waals surface area (Å²) < 4.78 is 0. The molecule has 0 saturated heterocycles. The van der Waals surface area contributed by atoms with Gasteiger partial charge in [-0.05, 0) is 103 Å². The smallest absolute Gasteiger partial charge is 0.0462 e. The van der Waals surface area contributed by atoms with E-state index in [1.165, 1.54) is 22.3 Å². The predicted octanol–water partition coefficient (Wildman–Crippen LogP) is 11.9. The van der Waals surface area contributed by atoms with Gasteiger partial charge in [-0.3, -0.25) is 0 Å². The van der Waals surface area contributed by atoms with E-state index in [2.05, 4.69) is 194 Å². The van der Waals surface area contributed by atoms with E-state index in [1.54, 1.807) is 0 Å². The first-order valence-corrected chi connectivity index (χ1v) is 14.9. The number of nitrogens with zero attached hydrogens (tertiary/aromatic N) is 2. The maximum Gasteiger partial charge on any atom is 0.0462 e. The van der Waals surface area contributed by atoms with Crippen LogP contribution < -0.4 is 9.80 Å². The molecular formula is C41H36N2. The molecule has 0 N–H and O–H groups in total. The van der Waals surface area contributed by atoms with Gasteiger partial charge in [-0.25, -0.2) is 0 Å². The summed E-state index contributed by atoms with van der Waals surface area (Å²) in [7, 11) is 0. The van der Waals surface area contributed by atoms with Crippen molar-refractivity contribution >= 4 is 39.7 Å². The average molecular weight is 557 g/mol. The molecule has 6 aromatic carbocycles. The summed E-state index contributed by atoms with van der Waals surface area (Å²) in [5.74, 6) is 0. The molecular weight excluding hydrogens is 520 g/mol. The van der Waals surface area contributed by atoms with Crippen LogP contribution in [0, 0.1) is 0 Å². The summed E-state index contributed by atoms with van der Waals surface area (Å²) in [4.78, 5) is 4.60. The number of hydrogen-bond donors (Lipinski definition) is 0. The van der Waals surface area contributed by atoms with Crippen LogP contribution in [0.1, 0.15) is 31.4 Å². The Labute approximate surface area is 255 Å². The summed E-state index contributed by atoms with van der Waals surface area (Å²) >= 11 is 0. The van der Waals surface area contributed by atoms with Gasteiger partial charge >= 0.3 is 0 Å². The molecule has 0 saturated carbocycles. The fraction of sp³-hybridized carbons (Fsp3) is 0.0732. The van der Waals surface area contributed by atoms with Crippen LogP contribution in [0.5, 0.6) is 0 Å². The van der Waals surface area contributed by atoms with Gasteiger partial charge < -0.3 is 9.80 Å². The number of benzene rings is 6. The lowest BCUT2D eigenvalue weighted by atomic mass is 9.92. The zero-order valence-corrected chi connectivity index (χ0v) is 24.8. The molecule has 0 aromatic heterocycles. The van der Waals surface area contributed by atoms with Crippen LogP contribution >= 0.6 is 0 Å². The second-order valence-electron chi connectivity index (χ2n) is 10.6. The highest BCUT2D eigenvalue weighted by molar-refractivity contribution is 5.85. The molecule has 6 rings (SSSR count). The summed E-state index contributed by atoms with van der Waals surface area (Å²) in [6.07, 6.45) is 0.985. The van der Waals surface area contributed by atoms with Crippen LogP contribution in [-0.2, 0) is 0 Å². The second-order valence-corrected chi connectivity index (χ2v) is 10.6. The SMILES string of the molecule is CCC(C)=C(c1ccc(N(c2ccccc2)c2ccccc2)cc1)c1ccc(N(c2ccccc2)c2ccccc2)cc1. The van der Waals surface area contributed by atoms with E-state index in [0.29, 0.717) is 0 Å². The van der Waals surface area contributed by atoms with Gasteiger partial charge in [0.1, 0.15) is 0 Å². The summed E-state index contributed by atoms with van der Waals surface area (Å²) in [5, 5.41) is 0. The van der Waals surface area contributed by atoms with Gasteiger partial charge in [0.2, 0.25) is 0 Å². The van der Waals surface area contributed by atoms with Crippen molar-refractivity contribution in [2.75, 3.05) is 9.80 Å². The van der Waals surface area contributed by atoms with Crippen molar-refractivity contribution in [3.63, 3.8) is 0 Å². The molecule has 0 heterocycles. The Balaban J connectivity index is 1.36. The highest BCUT2D eigenvalue weighted by Crippen LogP contribution is 2.38. The van der Waals surface area contributed by atoms with E-state index >= 15 is 0 Å². The van der Waals surface area contributed by atoms with Crippen LogP contribution in [0.4, 0.5) is 34.1 Å².